The van der Waals surface area contributed by atoms with Crippen molar-refractivity contribution < 1.29 is 19.4 Å². The Balaban J connectivity index is 1.19. The summed E-state index contributed by atoms with van der Waals surface area (Å²) in [4.78, 5) is 26.1. The van der Waals surface area contributed by atoms with Crippen LogP contribution < -0.4 is 10.1 Å². The maximum absolute atomic E-state index is 13.4. The van der Waals surface area contributed by atoms with Crippen LogP contribution in [0.3, 0.4) is 0 Å². The minimum Gasteiger partial charge on any atom is -0.494 e. The van der Waals surface area contributed by atoms with Crippen molar-refractivity contribution in [3.63, 3.8) is 0 Å². The van der Waals surface area contributed by atoms with Gasteiger partial charge in [0.2, 0.25) is 0 Å². The maximum atomic E-state index is 13.4. The van der Waals surface area contributed by atoms with Gasteiger partial charge in [-0.2, -0.15) is 0 Å². The molecular weight excluding hydrogens is 536 g/mol. The van der Waals surface area contributed by atoms with Crippen molar-refractivity contribution in [1.29, 1.82) is 0 Å². The highest BCUT2D eigenvalue weighted by molar-refractivity contribution is 8.17. The number of halogens is 1. The SMILES string of the molecule is COc1cnc(Cl)cc1-c1cc(C)ncc1C(=O)Nc1ccc2c(n1)CC[SH](C1(O)CCC3(CC1)COC3)C2. The van der Waals surface area contributed by atoms with Crippen LogP contribution in [-0.4, -0.2) is 57.0 Å². The van der Waals surface area contributed by atoms with Crippen molar-refractivity contribution in [2.75, 3.05) is 31.4 Å². The van der Waals surface area contributed by atoms with Gasteiger partial charge >= 0.3 is 0 Å². The number of nitrogens with zero attached hydrogens (tertiary/aromatic N) is 3. The fourth-order valence-corrected chi connectivity index (χ4v) is 9.02. The van der Waals surface area contributed by atoms with Gasteiger partial charge in [0.25, 0.3) is 5.91 Å². The van der Waals surface area contributed by atoms with Gasteiger partial charge in [0, 0.05) is 39.9 Å². The van der Waals surface area contributed by atoms with Crippen molar-refractivity contribution in [2.45, 2.75) is 49.7 Å². The molecule has 3 aromatic rings. The lowest BCUT2D eigenvalue weighted by molar-refractivity contribution is -0.146. The smallest absolute Gasteiger partial charge is 0.259 e. The number of aryl methyl sites for hydroxylation is 2. The lowest BCUT2D eigenvalue weighted by Crippen LogP contribution is -2.49. The molecule has 6 rings (SSSR count). The molecule has 0 radical (unpaired) electrons. The highest BCUT2D eigenvalue weighted by Gasteiger charge is 2.48. The number of anilines is 1. The Hall–Kier alpha value is -2.72. The van der Waals surface area contributed by atoms with E-state index in [1.807, 2.05) is 19.1 Å². The minimum absolute atomic E-state index is 0.303. The maximum Gasteiger partial charge on any atom is 0.259 e. The van der Waals surface area contributed by atoms with Gasteiger partial charge in [-0.15, -0.1) is 0 Å². The first-order chi connectivity index (χ1) is 18.8. The fraction of sp³-hybridized carbons (Fsp3) is 0.448. The number of nitrogens with one attached hydrogen (secondary N) is 1. The number of ether oxygens (including phenoxy) is 2. The molecule has 1 unspecified atom stereocenters. The van der Waals surface area contributed by atoms with Crippen molar-refractivity contribution >= 4 is 34.2 Å². The number of methoxy groups -OCH3 is 1. The summed E-state index contributed by atoms with van der Waals surface area (Å²) in [5.41, 5.74) is 4.97. The summed E-state index contributed by atoms with van der Waals surface area (Å²) >= 11 is 6.17. The van der Waals surface area contributed by atoms with Crippen molar-refractivity contribution in [2.24, 2.45) is 5.41 Å². The van der Waals surface area contributed by atoms with E-state index in [0.717, 1.165) is 68.2 Å². The number of aliphatic hydroxyl groups is 1. The Labute approximate surface area is 235 Å². The number of amides is 1. The topological polar surface area (TPSA) is 106 Å². The van der Waals surface area contributed by atoms with Crippen LogP contribution >= 0.6 is 22.5 Å². The number of fused-ring (bicyclic) bond motifs is 1. The Kier molecular flexibility index (Phi) is 7.03. The van der Waals surface area contributed by atoms with Crippen LogP contribution in [0.25, 0.3) is 11.1 Å². The van der Waals surface area contributed by atoms with Gasteiger partial charge in [-0.05, 0) is 68.5 Å². The number of carbonyl (C=O) groups excluding carboxylic acids is 1. The zero-order valence-electron chi connectivity index (χ0n) is 22.2. The largest absolute Gasteiger partial charge is 0.494 e. The van der Waals surface area contributed by atoms with E-state index in [0.29, 0.717) is 38.8 Å². The number of hydrogen-bond acceptors (Lipinski definition) is 7. The van der Waals surface area contributed by atoms with Gasteiger partial charge in [0.15, 0.2) is 0 Å². The first kappa shape index (κ1) is 26.5. The van der Waals surface area contributed by atoms with Crippen LogP contribution in [0.2, 0.25) is 5.15 Å². The number of pyridine rings is 3. The molecule has 8 nitrogen and oxygen atoms in total. The summed E-state index contributed by atoms with van der Waals surface area (Å²) in [5.74, 6) is 2.53. The van der Waals surface area contributed by atoms with E-state index in [-0.39, 0.29) is 5.91 Å². The second-order valence-electron chi connectivity index (χ2n) is 11.0. The van der Waals surface area contributed by atoms with Gasteiger partial charge in [-0.3, -0.25) is 9.78 Å². The zero-order chi connectivity index (χ0) is 27.2. The number of carbonyl (C=O) groups is 1. The van der Waals surface area contributed by atoms with E-state index in [2.05, 4.69) is 21.4 Å². The summed E-state index contributed by atoms with van der Waals surface area (Å²) in [7, 11) is 1.02. The van der Waals surface area contributed by atoms with E-state index in [1.165, 1.54) is 5.56 Å². The monoisotopic (exact) mass is 568 g/mol. The molecule has 1 saturated heterocycles. The Morgan fingerprint density at radius 3 is 2.64 bits per heavy atom. The average molecular weight is 569 g/mol. The van der Waals surface area contributed by atoms with Crippen LogP contribution in [0.1, 0.15) is 53.0 Å². The molecule has 1 spiro atoms. The molecule has 39 heavy (non-hydrogen) atoms. The molecule has 10 heteroatoms. The molecule has 1 atom stereocenters. The molecule has 0 bridgehead atoms. The quantitative estimate of drug-likeness (QED) is 0.290. The fourth-order valence-electron chi connectivity index (χ4n) is 5.96. The summed E-state index contributed by atoms with van der Waals surface area (Å²) in [6, 6.07) is 7.43. The summed E-state index contributed by atoms with van der Waals surface area (Å²) in [6.07, 6.45) is 7.78. The van der Waals surface area contributed by atoms with E-state index in [9.17, 15) is 9.90 Å². The number of aromatic nitrogens is 3. The lowest BCUT2D eigenvalue weighted by atomic mass is 9.71. The Morgan fingerprint density at radius 2 is 1.92 bits per heavy atom. The van der Waals surface area contributed by atoms with Crippen molar-refractivity contribution in [3.8, 4) is 16.9 Å². The molecule has 2 fully saturated rings. The Morgan fingerprint density at radius 1 is 1.13 bits per heavy atom. The third-order valence-corrected chi connectivity index (χ3v) is 11.8. The standard InChI is InChI=1S/C29H33ClN4O4S/c1-18-11-20(21-12-25(30)32-14-24(21)37-2)22(13-31-18)27(35)34-26-4-3-19-15-39(10-5-23(19)33-26)29(36)8-6-28(7-9-29)16-38-17-28/h3-4,11-14,36,39H,5-10,15-17H2,1-2H3,(H,33,34,35). The molecule has 1 saturated carbocycles. The average Bonchev–Trinajstić information content (AvgIpc) is 2.92. The summed E-state index contributed by atoms with van der Waals surface area (Å²) < 4.78 is 10.9. The first-order valence-corrected chi connectivity index (χ1v) is 15.4. The molecule has 3 aliphatic rings. The van der Waals surface area contributed by atoms with Gasteiger partial charge in [-0.1, -0.05) is 17.7 Å². The van der Waals surface area contributed by atoms with Crippen molar-refractivity contribution in [3.05, 3.63) is 64.3 Å². The van der Waals surface area contributed by atoms with E-state index in [4.69, 9.17) is 26.1 Å². The Bertz CT molecular complexity index is 1420. The van der Waals surface area contributed by atoms with Gasteiger partial charge in [0.1, 0.15) is 16.7 Å². The normalized spacial score (nSPS) is 22.0. The predicted molar refractivity (Wildman–Crippen MR) is 154 cm³/mol. The number of rotatable bonds is 5. The molecule has 2 N–H and O–H groups in total. The van der Waals surface area contributed by atoms with Crippen LogP contribution in [0.5, 0.6) is 5.75 Å². The molecule has 2 aliphatic heterocycles. The third kappa shape index (κ3) is 5.13. The van der Waals surface area contributed by atoms with Gasteiger partial charge < -0.3 is 19.9 Å². The van der Waals surface area contributed by atoms with E-state index >= 15 is 0 Å². The zero-order valence-corrected chi connectivity index (χ0v) is 23.8. The molecule has 1 aliphatic carbocycles. The number of hydrogen-bond donors (Lipinski definition) is 3. The molecule has 1 amide bonds. The summed E-state index contributed by atoms with van der Waals surface area (Å²) in [5, 5.41) is 14.8. The molecule has 206 valence electrons. The molecule has 0 aromatic carbocycles. The highest BCUT2D eigenvalue weighted by Crippen LogP contribution is 2.57. The van der Waals surface area contributed by atoms with Gasteiger partial charge in [-0.25, -0.2) is 20.9 Å². The van der Waals surface area contributed by atoms with Crippen LogP contribution in [-0.2, 0) is 16.9 Å². The molecular formula is C29H33ClN4O4S. The molecule has 3 aromatic heterocycles. The summed E-state index contributed by atoms with van der Waals surface area (Å²) in [6.45, 7) is 3.57. The van der Waals surface area contributed by atoms with Crippen LogP contribution in [0, 0.1) is 12.3 Å². The van der Waals surface area contributed by atoms with E-state index in [1.54, 1.807) is 25.6 Å². The van der Waals surface area contributed by atoms with Crippen molar-refractivity contribution in [1.82, 2.24) is 15.0 Å². The third-order valence-electron chi connectivity index (χ3n) is 8.44. The lowest BCUT2D eigenvalue weighted by Gasteiger charge is -2.52. The first-order valence-electron chi connectivity index (χ1n) is 13.3. The molecule has 5 heterocycles. The second kappa shape index (κ2) is 10.4. The minimum atomic E-state index is -0.549. The van der Waals surface area contributed by atoms with E-state index < -0.39 is 15.8 Å². The predicted octanol–water partition coefficient (Wildman–Crippen LogP) is 5.10. The highest BCUT2D eigenvalue weighted by atomic mass is 35.5. The van der Waals surface area contributed by atoms with Gasteiger partial charge in [0.05, 0.1) is 37.0 Å². The second-order valence-corrected chi connectivity index (χ2v) is 14.0. The van der Waals surface area contributed by atoms with Crippen LogP contribution in [0.15, 0.2) is 36.7 Å². The number of thiol groups is 1. The van der Waals surface area contributed by atoms with Crippen LogP contribution in [0.4, 0.5) is 5.82 Å².